The molecule has 0 bridgehead atoms. The Hall–Kier alpha value is -2.35. The molecule has 0 saturated carbocycles. The quantitative estimate of drug-likeness (QED) is 0.696. The van der Waals surface area contributed by atoms with Crippen LogP contribution >= 0.6 is 0 Å². The van der Waals surface area contributed by atoms with Crippen LogP contribution in [-0.4, -0.2) is 22.0 Å². The van der Waals surface area contributed by atoms with Crippen LogP contribution in [0.1, 0.15) is 17.4 Å². The molecule has 0 radical (unpaired) electrons. The molecule has 0 unspecified atom stereocenters. The summed E-state index contributed by atoms with van der Waals surface area (Å²) >= 11 is 0. The largest absolute Gasteiger partial charge is 0.477 e. The summed E-state index contributed by atoms with van der Waals surface area (Å²) in [6, 6.07) is 2.75. The van der Waals surface area contributed by atoms with Crippen molar-refractivity contribution in [3.63, 3.8) is 0 Å². The molecule has 2 N–H and O–H groups in total. The van der Waals surface area contributed by atoms with Gasteiger partial charge in [0.1, 0.15) is 5.69 Å². The number of aromatic nitrogens is 1. The first-order chi connectivity index (χ1) is 7.13. The van der Waals surface area contributed by atoms with E-state index in [-0.39, 0.29) is 5.69 Å². The number of rotatable bonds is 2. The molecule has 0 saturated heterocycles. The number of carboxylic acids is 1. The molecule has 1 heterocycles. The average Bonchev–Trinajstić information content (AvgIpc) is 2.18. The van der Waals surface area contributed by atoms with Crippen molar-refractivity contribution >= 4 is 17.6 Å². The van der Waals surface area contributed by atoms with E-state index in [1.807, 2.05) is 0 Å². The second-order valence-electron chi connectivity index (χ2n) is 2.56. The Kier molecular flexibility index (Phi) is 3.41. The number of anilines is 1. The van der Waals surface area contributed by atoms with Crippen molar-refractivity contribution in [3.8, 4) is 11.8 Å². The third-order valence-electron chi connectivity index (χ3n) is 1.48. The standard InChI is InChI=1S/C10H8N2O3/c1-2-3-9(13)12-7-4-5-11-8(6-7)10(14)15/h4-6H,1H3,(H,14,15)(H,11,12,13). The minimum absolute atomic E-state index is 0.128. The highest BCUT2D eigenvalue weighted by Gasteiger charge is 2.05. The van der Waals surface area contributed by atoms with Gasteiger partial charge in [-0.1, -0.05) is 5.92 Å². The molecule has 1 amide bonds. The summed E-state index contributed by atoms with van der Waals surface area (Å²) in [6.45, 7) is 1.54. The number of carbonyl (C=O) groups excluding carboxylic acids is 1. The molecule has 5 nitrogen and oxygen atoms in total. The first-order valence-electron chi connectivity index (χ1n) is 4.06. The van der Waals surface area contributed by atoms with Crippen LogP contribution in [0, 0.1) is 11.8 Å². The first kappa shape index (κ1) is 10.7. The van der Waals surface area contributed by atoms with Crippen molar-refractivity contribution in [2.24, 2.45) is 0 Å². The first-order valence-corrected chi connectivity index (χ1v) is 4.06. The van der Waals surface area contributed by atoms with Crippen LogP contribution in [0.15, 0.2) is 18.3 Å². The Bertz CT molecular complexity index is 457. The summed E-state index contributed by atoms with van der Waals surface area (Å²) in [5.74, 6) is 3.07. The summed E-state index contributed by atoms with van der Waals surface area (Å²) in [5.41, 5.74) is 0.229. The smallest absolute Gasteiger partial charge is 0.354 e. The lowest BCUT2D eigenvalue weighted by molar-refractivity contribution is -0.111. The second-order valence-corrected chi connectivity index (χ2v) is 2.56. The maximum absolute atomic E-state index is 11.0. The van der Waals surface area contributed by atoms with E-state index in [1.165, 1.54) is 25.3 Å². The van der Waals surface area contributed by atoms with E-state index in [0.717, 1.165) is 0 Å². The van der Waals surface area contributed by atoms with Gasteiger partial charge in [-0.2, -0.15) is 0 Å². The van der Waals surface area contributed by atoms with Crippen molar-refractivity contribution in [3.05, 3.63) is 24.0 Å². The van der Waals surface area contributed by atoms with Gasteiger partial charge in [0.25, 0.3) is 5.91 Å². The number of nitrogens with one attached hydrogen (secondary N) is 1. The van der Waals surface area contributed by atoms with Crippen LogP contribution in [-0.2, 0) is 4.79 Å². The van der Waals surface area contributed by atoms with Crippen LogP contribution in [0.2, 0.25) is 0 Å². The molecule has 1 aromatic rings. The number of carboxylic acid groups (broad SMARTS) is 1. The van der Waals surface area contributed by atoms with Crippen molar-refractivity contribution in [1.82, 2.24) is 4.98 Å². The minimum atomic E-state index is -1.15. The number of amides is 1. The SMILES string of the molecule is CC#CC(=O)Nc1ccnc(C(=O)O)c1. The van der Waals surface area contributed by atoms with Crippen LogP contribution in [0.25, 0.3) is 0 Å². The summed E-state index contributed by atoms with van der Waals surface area (Å²) in [7, 11) is 0. The number of hydrogen-bond acceptors (Lipinski definition) is 3. The van der Waals surface area contributed by atoms with Crippen LogP contribution in [0.3, 0.4) is 0 Å². The zero-order chi connectivity index (χ0) is 11.3. The zero-order valence-electron chi connectivity index (χ0n) is 7.94. The van der Waals surface area contributed by atoms with E-state index < -0.39 is 11.9 Å². The normalized spacial score (nSPS) is 8.60. The molecular formula is C10H8N2O3. The fourth-order valence-electron chi connectivity index (χ4n) is 0.901. The molecule has 0 aliphatic heterocycles. The monoisotopic (exact) mass is 204 g/mol. The molecule has 1 aromatic heterocycles. The number of hydrogen-bond donors (Lipinski definition) is 2. The maximum Gasteiger partial charge on any atom is 0.354 e. The Morgan fingerprint density at radius 2 is 2.27 bits per heavy atom. The van der Waals surface area contributed by atoms with E-state index >= 15 is 0 Å². The van der Waals surface area contributed by atoms with Crippen molar-refractivity contribution in [1.29, 1.82) is 0 Å². The highest BCUT2D eigenvalue weighted by molar-refractivity contribution is 6.04. The number of nitrogens with zero attached hydrogens (tertiary/aromatic N) is 1. The van der Waals surface area contributed by atoms with Gasteiger partial charge in [0, 0.05) is 11.9 Å². The van der Waals surface area contributed by atoms with Gasteiger partial charge in [-0.05, 0) is 25.0 Å². The molecule has 0 spiro atoms. The van der Waals surface area contributed by atoms with E-state index in [1.54, 1.807) is 0 Å². The fourth-order valence-corrected chi connectivity index (χ4v) is 0.901. The van der Waals surface area contributed by atoms with Gasteiger partial charge >= 0.3 is 5.97 Å². The lowest BCUT2D eigenvalue weighted by Crippen LogP contribution is -2.09. The topological polar surface area (TPSA) is 79.3 Å². The maximum atomic E-state index is 11.0. The Morgan fingerprint density at radius 3 is 2.87 bits per heavy atom. The average molecular weight is 204 g/mol. The highest BCUT2D eigenvalue weighted by atomic mass is 16.4. The molecule has 0 atom stereocenters. The molecule has 76 valence electrons. The highest BCUT2D eigenvalue weighted by Crippen LogP contribution is 2.07. The lowest BCUT2D eigenvalue weighted by Gasteiger charge is -2.00. The minimum Gasteiger partial charge on any atom is -0.477 e. The number of aromatic carboxylic acids is 1. The summed E-state index contributed by atoms with van der Waals surface area (Å²) in [5, 5.41) is 11.1. The summed E-state index contributed by atoms with van der Waals surface area (Å²) in [6.07, 6.45) is 1.30. The second kappa shape index (κ2) is 4.77. The summed E-state index contributed by atoms with van der Waals surface area (Å²) < 4.78 is 0. The third kappa shape index (κ3) is 3.12. The Morgan fingerprint density at radius 1 is 1.53 bits per heavy atom. The van der Waals surface area contributed by atoms with E-state index in [0.29, 0.717) is 5.69 Å². The lowest BCUT2D eigenvalue weighted by atomic mass is 10.3. The molecule has 0 aromatic carbocycles. The molecular weight excluding hydrogens is 196 g/mol. The summed E-state index contributed by atoms with van der Waals surface area (Å²) in [4.78, 5) is 25.2. The van der Waals surface area contributed by atoms with Crippen LogP contribution in [0.4, 0.5) is 5.69 Å². The van der Waals surface area contributed by atoms with Crippen LogP contribution in [0.5, 0.6) is 0 Å². The molecule has 0 aliphatic rings. The van der Waals surface area contributed by atoms with Crippen molar-refractivity contribution in [2.75, 3.05) is 5.32 Å². The van der Waals surface area contributed by atoms with Crippen molar-refractivity contribution < 1.29 is 14.7 Å². The third-order valence-corrected chi connectivity index (χ3v) is 1.48. The molecule has 15 heavy (non-hydrogen) atoms. The van der Waals surface area contributed by atoms with Crippen molar-refractivity contribution in [2.45, 2.75) is 6.92 Å². The van der Waals surface area contributed by atoms with Gasteiger partial charge in [-0.15, -0.1) is 0 Å². The number of pyridine rings is 1. The van der Waals surface area contributed by atoms with Gasteiger partial charge < -0.3 is 10.4 Å². The van der Waals surface area contributed by atoms with E-state index in [2.05, 4.69) is 22.1 Å². The predicted molar refractivity (Wildman–Crippen MR) is 53.3 cm³/mol. The Balaban J connectivity index is 2.85. The van der Waals surface area contributed by atoms with Gasteiger partial charge in [0.2, 0.25) is 0 Å². The number of carbonyl (C=O) groups is 2. The van der Waals surface area contributed by atoms with Gasteiger partial charge in [0.15, 0.2) is 0 Å². The molecule has 0 fully saturated rings. The molecule has 1 rings (SSSR count). The van der Waals surface area contributed by atoms with Gasteiger partial charge in [0.05, 0.1) is 0 Å². The molecule has 0 aliphatic carbocycles. The van der Waals surface area contributed by atoms with E-state index in [9.17, 15) is 9.59 Å². The Labute approximate surface area is 86.1 Å². The predicted octanol–water partition coefficient (Wildman–Crippen LogP) is 0.742. The van der Waals surface area contributed by atoms with Gasteiger partial charge in [-0.25, -0.2) is 9.78 Å². The van der Waals surface area contributed by atoms with E-state index in [4.69, 9.17) is 5.11 Å². The van der Waals surface area contributed by atoms with Crippen LogP contribution < -0.4 is 5.32 Å². The van der Waals surface area contributed by atoms with Gasteiger partial charge in [-0.3, -0.25) is 4.79 Å². The zero-order valence-corrected chi connectivity index (χ0v) is 7.94. The molecule has 5 heteroatoms. The fraction of sp³-hybridized carbons (Fsp3) is 0.100.